The van der Waals surface area contributed by atoms with E-state index < -0.39 is 17.8 Å². The third-order valence-electron chi connectivity index (χ3n) is 5.87. The minimum Gasteiger partial charge on any atom is -0.463 e. The molecule has 1 aromatic rings. The predicted octanol–water partition coefficient (Wildman–Crippen LogP) is 2.28. The molecule has 1 saturated heterocycles. The Labute approximate surface area is 188 Å². The summed E-state index contributed by atoms with van der Waals surface area (Å²) < 4.78 is 19.2. The van der Waals surface area contributed by atoms with Gasteiger partial charge in [-0.05, 0) is 31.0 Å². The van der Waals surface area contributed by atoms with Crippen LogP contribution in [0.1, 0.15) is 38.3 Å². The molecule has 2 aliphatic heterocycles. The molecule has 0 saturated carbocycles. The molecule has 0 aliphatic carbocycles. The molecule has 32 heavy (non-hydrogen) atoms. The molecule has 1 atom stereocenters. The standard InChI is InChI=1S/C23H31FN4O4/c1-4-19(29)28-11-7-10-27(12-13-28)15-18-20(22(30)32-5-2)21(25-23(31)26(18)3)16-8-6-9-17(24)14-16/h6,8-9,14,21H,4-5,7,10-13,15H2,1-3H3,(H,25,31). The van der Waals surface area contributed by atoms with Gasteiger partial charge in [-0.15, -0.1) is 0 Å². The first kappa shape index (κ1) is 23.7. The number of hydrogen-bond acceptors (Lipinski definition) is 5. The topological polar surface area (TPSA) is 82.2 Å². The predicted molar refractivity (Wildman–Crippen MR) is 117 cm³/mol. The van der Waals surface area contributed by atoms with E-state index in [1.54, 1.807) is 26.1 Å². The Bertz CT molecular complexity index is 904. The number of ether oxygens (including phenoxy) is 1. The first-order chi connectivity index (χ1) is 15.3. The number of carbonyl (C=O) groups excluding carboxylic acids is 3. The van der Waals surface area contributed by atoms with Crippen LogP contribution < -0.4 is 5.32 Å². The molecule has 8 nitrogen and oxygen atoms in total. The molecule has 0 aromatic heterocycles. The molecule has 2 aliphatic rings. The summed E-state index contributed by atoms with van der Waals surface area (Å²) in [5, 5.41) is 2.80. The van der Waals surface area contributed by atoms with Crippen LogP contribution in [0.3, 0.4) is 0 Å². The van der Waals surface area contributed by atoms with Gasteiger partial charge < -0.3 is 15.0 Å². The summed E-state index contributed by atoms with van der Waals surface area (Å²) in [5.74, 6) is -0.867. The molecule has 2 heterocycles. The van der Waals surface area contributed by atoms with Gasteiger partial charge in [-0.25, -0.2) is 14.0 Å². The third kappa shape index (κ3) is 5.27. The maximum absolute atomic E-state index is 13.9. The van der Waals surface area contributed by atoms with Crippen molar-refractivity contribution in [1.29, 1.82) is 0 Å². The maximum Gasteiger partial charge on any atom is 0.338 e. The SMILES string of the molecule is CCOC(=O)C1=C(CN2CCCN(C(=O)CC)CC2)N(C)C(=O)NC1c1cccc(F)c1. The van der Waals surface area contributed by atoms with Crippen LogP contribution in [0.5, 0.6) is 0 Å². The van der Waals surface area contributed by atoms with Gasteiger partial charge in [0.25, 0.3) is 0 Å². The molecule has 1 unspecified atom stereocenters. The largest absolute Gasteiger partial charge is 0.463 e. The van der Waals surface area contributed by atoms with Crippen molar-refractivity contribution >= 4 is 17.9 Å². The van der Waals surface area contributed by atoms with E-state index in [1.165, 1.54) is 17.0 Å². The number of benzene rings is 1. The quantitative estimate of drug-likeness (QED) is 0.678. The normalized spacial score (nSPS) is 20.1. The van der Waals surface area contributed by atoms with E-state index in [1.807, 2.05) is 11.8 Å². The van der Waals surface area contributed by atoms with E-state index >= 15 is 0 Å². The Morgan fingerprint density at radius 1 is 1.19 bits per heavy atom. The van der Waals surface area contributed by atoms with Crippen LogP contribution >= 0.6 is 0 Å². The third-order valence-corrected chi connectivity index (χ3v) is 5.87. The number of esters is 1. The van der Waals surface area contributed by atoms with Crippen LogP contribution in [0, 0.1) is 5.82 Å². The van der Waals surface area contributed by atoms with Gasteiger partial charge in [0.2, 0.25) is 5.91 Å². The fourth-order valence-electron chi connectivity index (χ4n) is 4.15. The number of nitrogens with one attached hydrogen (secondary N) is 1. The zero-order valence-corrected chi connectivity index (χ0v) is 18.9. The van der Waals surface area contributed by atoms with Gasteiger partial charge in [-0.3, -0.25) is 14.6 Å². The Kier molecular flexibility index (Phi) is 7.84. The second-order valence-electron chi connectivity index (χ2n) is 7.94. The van der Waals surface area contributed by atoms with Crippen molar-refractivity contribution in [2.75, 3.05) is 46.4 Å². The van der Waals surface area contributed by atoms with Crippen LogP contribution in [-0.2, 0) is 14.3 Å². The van der Waals surface area contributed by atoms with E-state index in [9.17, 15) is 18.8 Å². The Morgan fingerprint density at radius 3 is 2.66 bits per heavy atom. The molecule has 3 rings (SSSR count). The lowest BCUT2D eigenvalue weighted by molar-refractivity contribution is -0.139. The Morgan fingerprint density at radius 2 is 1.97 bits per heavy atom. The van der Waals surface area contributed by atoms with Crippen molar-refractivity contribution in [1.82, 2.24) is 20.0 Å². The number of hydrogen-bond donors (Lipinski definition) is 1. The molecular formula is C23H31FN4O4. The van der Waals surface area contributed by atoms with Gasteiger partial charge in [0.1, 0.15) is 5.82 Å². The highest BCUT2D eigenvalue weighted by atomic mass is 19.1. The van der Waals surface area contributed by atoms with Crippen LogP contribution in [0.4, 0.5) is 9.18 Å². The lowest BCUT2D eigenvalue weighted by atomic mass is 9.94. The number of nitrogens with zero attached hydrogens (tertiary/aromatic N) is 3. The second kappa shape index (κ2) is 10.6. The number of likely N-dealkylation sites (N-methyl/N-ethyl adjacent to an activating group) is 1. The van der Waals surface area contributed by atoms with E-state index in [-0.39, 0.29) is 18.5 Å². The van der Waals surface area contributed by atoms with Crippen molar-refractivity contribution in [3.05, 3.63) is 46.9 Å². The van der Waals surface area contributed by atoms with Gasteiger partial charge in [0.05, 0.1) is 18.2 Å². The monoisotopic (exact) mass is 446 g/mol. The molecular weight excluding hydrogens is 415 g/mol. The highest BCUT2D eigenvalue weighted by Crippen LogP contribution is 2.31. The molecule has 9 heteroatoms. The summed E-state index contributed by atoms with van der Waals surface area (Å²) in [6.07, 6.45) is 1.27. The van der Waals surface area contributed by atoms with Crippen molar-refractivity contribution in [2.45, 2.75) is 32.7 Å². The lowest BCUT2D eigenvalue weighted by Gasteiger charge is -2.36. The lowest BCUT2D eigenvalue weighted by Crippen LogP contribution is -2.49. The molecule has 0 bridgehead atoms. The number of amides is 3. The zero-order chi connectivity index (χ0) is 23.3. The van der Waals surface area contributed by atoms with Crippen molar-refractivity contribution < 1.29 is 23.5 Å². The molecule has 1 N–H and O–H groups in total. The van der Waals surface area contributed by atoms with E-state index in [4.69, 9.17) is 4.74 Å². The fourth-order valence-corrected chi connectivity index (χ4v) is 4.15. The van der Waals surface area contributed by atoms with Crippen LogP contribution in [-0.4, -0.2) is 79.0 Å². The minimum absolute atomic E-state index is 0.124. The van der Waals surface area contributed by atoms with E-state index in [0.717, 1.165) is 13.0 Å². The number of urea groups is 1. The van der Waals surface area contributed by atoms with Gasteiger partial charge >= 0.3 is 12.0 Å². The zero-order valence-electron chi connectivity index (χ0n) is 18.9. The smallest absolute Gasteiger partial charge is 0.338 e. The molecule has 1 fully saturated rings. The number of carbonyl (C=O) groups is 3. The van der Waals surface area contributed by atoms with Crippen LogP contribution in [0.15, 0.2) is 35.5 Å². The van der Waals surface area contributed by atoms with Gasteiger partial charge in [0.15, 0.2) is 0 Å². The summed E-state index contributed by atoms with van der Waals surface area (Å²) in [4.78, 5) is 43.3. The van der Waals surface area contributed by atoms with E-state index in [2.05, 4.69) is 10.2 Å². The molecule has 3 amide bonds. The van der Waals surface area contributed by atoms with Gasteiger partial charge in [-0.1, -0.05) is 19.1 Å². The minimum atomic E-state index is -0.811. The molecule has 0 spiro atoms. The molecule has 174 valence electrons. The Hall–Kier alpha value is -2.94. The second-order valence-corrected chi connectivity index (χ2v) is 7.94. The van der Waals surface area contributed by atoms with Crippen molar-refractivity contribution in [3.63, 3.8) is 0 Å². The van der Waals surface area contributed by atoms with Crippen LogP contribution in [0.2, 0.25) is 0 Å². The van der Waals surface area contributed by atoms with Gasteiger partial charge in [-0.2, -0.15) is 0 Å². The van der Waals surface area contributed by atoms with Crippen molar-refractivity contribution in [3.8, 4) is 0 Å². The molecule has 1 aromatic carbocycles. The highest BCUT2D eigenvalue weighted by molar-refractivity contribution is 5.95. The van der Waals surface area contributed by atoms with E-state index in [0.29, 0.717) is 49.4 Å². The number of halogens is 1. The summed E-state index contributed by atoms with van der Waals surface area (Å²) >= 11 is 0. The summed E-state index contributed by atoms with van der Waals surface area (Å²) in [6.45, 7) is 6.74. The average Bonchev–Trinajstić information content (AvgIpc) is 3.02. The summed E-state index contributed by atoms with van der Waals surface area (Å²) in [7, 11) is 1.61. The molecule has 0 radical (unpaired) electrons. The summed E-state index contributed by atoms with van der Waals surface area (Å²) in [6, 6.07) is 4.67. The Balaban J connectivity index is 1.95. The van der Waals surface area contributed by atoms with Gasteiger partial charge in [0, 0.05) is 51.9 Å². The van der Waals surface area contributed by atoms with Crippen molar-refractivity contribution in [2.24, 2.45) is 0 Å². The summed E-state index contributed by atoms with van der Waals surface area (Å²) in [5.41, 5.74) is 1.30. The van der Waals surface area contributed by atoms with Crippen LogP contribution in [0.25, 0.3) is 0 Å². The highest BCUT2D eigenvalue weighted by Gasteiger charge is 2.37. The maximum atomic E-state index is 13.9. The first-order valence-electron chi connectivity index (χ1n) is 11.1. The number of rotatable bonds is 6. The average molecular weight is 447 g/mol. The first-order valence-corrected chi connectivity index (χ1v) is 11.1. The fraction of sp³-hybridized carbons (Fsp3) is 0.522.